The summed E-state index contributed by atoms with van der Waals surface area (Å²) in [5.41, 5.74) is 3.22. The molecule has 1 unspecified atom stereocenters. The highest BCUT2D eigenvalue weighted by molar-refractivity contribution is 6.00. The van der Waals surface area contributed by atoms with E-state index in [1.54, 1.807) is 6.07 Å². The second-order valence-electron chi connectivity index (χ2n) is 3.94. The van der Waals surface area contributed by atoms with E-state index in [2.05, 4.69) is 0 Å². The third kappa shape index (κ3) is 1.44. The fourth-order valence-corrected chi connectivity index (χ4v) is 2.01. The largest absolute Gasteiger partial charge is 0.446 e. The van der Waals surface area contributed by atoms with Crippen LogP contribution in [0.5, 0.6) is 0 Å². The molecule has 0 fully saturated rings. The molecule has 0 amide bonds. The second kappa shape index (κ2) is 3.19. The van der Waals surface area contributed by atoms with Gasteiger partial charge in [-0.3, -0.25) is 4.79 Å². The van der Waals surface area contributed by atoms with Crippen molar-refractivity contribution in [1.82, 2.24) is 0 Å². The molecule has 1 aliphatic rings. The molecule has 3 nitrogen and oxygen atoms in total. The van der Waals surface area contributed by atoms with Crippen molar-refractivity contribution >= 4 is 11.8 Å². The summed E-state index contributed by atoms with van der Waals surface area (Å²) in [6, 6.07) is 3.73. The van der Waals surface area contributed by atoms with Crippen molar-refractivity contribution in [3.8, 4) is 0 Å². The summed E-state index contributed by atoms with van der Waals surface area (Å²) in [4.78, 5) is 22.8. The van der Waals surface area contributed by atoms with Gasteiger partial charge in [0.25, 0.3) is 0 Å². The fourth-order valence-electron chi connectivity index (χ4n) is 2.01. The molecule has 0 saturated heterocycles. The molecule has 1 aromatic rings. The minimum atomic E-state index is -0.701. The Morgan fingerprint density at radius 2 is 2.00 bits per heavy atom. The maximum absolute atomic E-state index is 11.5. The fraction of sp³-hybridized carbons (Fsp3) is 0.333. The summed E-state index contributed by atoms with van der Waals surface area (Å²) in [5.74, 6) is -0.522. The Morgan fingerprint density at radius 3 is 2.60 bits per heavy atom. The zero-order valence-electron chi connectivity index (χ0n) is 8.96. The number of rotatable bonds is 1. The Labute approximate surface area is 88.1 Å². The lowest BCUT2D eigenvalue weighted by Gasteiger charge is -2.08. The molecule has 0 radical (unpaired) electrons. The van der Waals surface area contributed by atoms with Crippen LogP contribution in [-0.4, -0.2) is 11.8 Å². The van der Waals surface area contributed by atoms with E-state index < -0.39 is 12.1 Å². The van der Waals surface area contributed by atoms with Crippen LogP contribution in [0, 0.1) is 13.8 Å². The van der Waals surface area contributed by atoms with Crippen LogP contribution < -0.4 is 0 Å². The van der Waals surface area contributed by atoms with Gasteiger partial charge in [-0.25, -0.2) is 4.79 Å². The molecule has 1 aliphatic heterocycles. The normalized spacial score (nSPS) is 18.6. The van der Waals surface area contributed by atoms with E-state index in [0.29, 0.717) is 5.56 Å². The third-order valence-electron chi connectivity index (χ3n) is 2.61. The van der Waals surface area contributed by atoms with Crippen LogP contribution in [0.25, 0.3) is 0 Å². The number of esters is 1. The highest BCUT2D eigenvalue weighted by Crippen LogP contribution is 2.34. The number of Topliss-reactive ketones (excluding diaryl/α,β-unsaturated/α-hetero) is 1. The van der Waals surface area contributed by atoms with Gasteiger partial charge in [-0.05, 0) is 38.0 Å². The summed E-state index contributed by atoms with van der Waals surface area (Å²) in [7, 11) is 0. The van der Waals surface area contributed by atoms with Crippen molar-refractivity contribution in [2.75, 3.05) is 0 Å². The van der Waals surface area contributed by atoms with Gasteiger partial charge in [0, 0.05) is 5.56 Å². The van der Waals surface area contributed by atoms with Crippen LogP contribution >= 0.6 is 0 Å². The quantitative estimate of drug-likeness (QED) is 0.658. The number of hydrogen-bond acceptors (Lipinski definition) is 3. The Hall–Kier alpha value is -1.64. The van der Waals surface area contributed by atoms with E-state index in [-0.39, 0.29) is 5.78 Å². The van der Waals surface area contributed by atoms with E-state index in [1.165, 1.54) is 6.92 Å². The molecule has 15 heavy (non-hydrogen) atoms. The lowest BCUT2D eigenvalue weighted by molar-refractivity contribution is -0.125. The number of ether oxygens (including phenoxy) is 1. The van der Waals surface area contributed by atoms with E-state index in [9.17, 15) is 9.59 Å². The summed E-state index contributed by atoms with van der Waals surface area (Å²) in [5, 5.41) is 0. The van der Waals surface area contributed by atoms with Crippen LogP contribution in [0.15, 0.2) is 12.1 Å². The summed E-state index contributed by atoms with van der Waals surface area (Å²) in [6.07, 6.45) is -0.701. The molecule has 1 aromatic carbocycles. The van der Waals surface area contributed by atoms with Gasteiger partial charge >= 0.3 is 5.97 Å². The number of carbonyl (C=O) groups is 2. The van der Waals surface area contributed by atoms with E-state index >= 15 is 0 Å². The zero-order valence-corrected chi connectivity index (χ0v) is 8.96. The monoisotopic (exact) mass is 204 g/mol. The molecular weight excluding hydrogens is 192 g/mol. The Morgan fingerprint density at radius 1 is 1.33 bits per heavy atom. The second-order valence-corrected chi connectivity index (χ2v) is 3.94. The van der Waals surface area contributed by atoms with Gasteiger partial charge < -0.3 is 4.74 Å². The van der Waals surface area contributed by atoms with Gasteiger partial charge in [0.15, 0.2) is 11.9 Å². The van der Waals surface area contributed by atoms with Gasteiger partial charge in [-0.1, -0.05) is 6.07 Å². The average molecular weight is 204 g/mol. The lowest BCUT2D eigenvalue weighted by Crippen LogP contribution is -2.09. The smallest absolute Gasteiger partial charge is 0.339 e. The standard InChI is InChI=1S/C12H12O3/c1-6-4-7(2)10-9(5-6)12(14)15-11(10)8(3)13/h4-5,11H,1-3H3. The predicted molar refractivity (Wildman–Crippen MR) is 54.8 cm³/mol. The highest BCUT2D eigenvalue weighted by Gasteiger charge is 2.35. The first-order valence-corrected chi connectivity index (χ1v) is 4.83. The van der Waals surface area contributed by atoms with Crippen molar-refractivity contribution in [3.63, 3.8) is 0 Å². The Kier molecular flexibility index (Phi) is 2.11. The number of carbonyl (C=O) groups excluding carboxylic acids is 2. The number of ketones is 1. The summed E-state index contributed by atoms with van der Waals surface area (Å²) >= 11 is 0. The van der Waals surface area contributed by atoms with Crippen molar-refractivity contribution in [2.45, 2.75) is 26.9 Å². The molecule has 0 bridgehead atoms. The topological polar surface area (TPSA) is 43.4 Å². The number of cyclic esters (lactones) is 1. The molecule has 78 valence electrons. The molecule has 0 N–H and O–H groups in total. The van der Waals surface area contributed by atoms with Crippen molar-refractivity contribution < 1.29 is 14.3 Å². The average Bonchev–Trinajstić information content (AvgIpc) is 2.44. The summed E-state index contributed by atoms with van der Waals surface area (Å²) in [6.45, 7) is 5.25. The minimum absolute atomic E-state index is 0.131. The first-order valence-electron chi connectivity index (χ1n) is 4.83. The number of benzene rings is 1. The summed E-state index contributed by atoms with van der Waals surface area (Å²) < 4.78 is 5.04. The molecule has 1 atom stereocenters. The third-order valence-corrected chi connectivity index (χ3v) is 2.61. The first-order chi connectivity index (χ1) is 7.00. The Bertz CT molecular complexity index is 460. The zero-order chi connectivity index (χ0) is 11.2. The SMILES string of the molecule is CC(=O)C1OC(=O)c2cc(C)cc(C)c21. The van der Waals surface area contributed by atoms with Crippen molar-refractivity contribution in [2.24, 2.45) is 0 Å². The van der Waals surface area contributed by atoms with Crippen LogP contribution in [0.3, 0.4) is 0 Å². The van der Waals surface area contributed by atoms with Crippen molar-refractivity contribution in [1.29, 1.82) is 0 Å². The van der Waals surface area contributed by atoms with Gasteiger partial charge in [0.1, 0.15) is 0 Å². The Balaban J connectivity index is 2.65. The molecule has 0 spiro atoms. The minimum Gasteiger partial charge on any atom is -0.446 e. The predicted octanol–water partition coefficient (Wildman–Crippen LogP) is 2.10. The van der Waals surface area contributed by atoms with E-state index in [0.717, 1.165) is 16.7 Å². The molecule has 0 aromatic heterocycles. The molecule has 2 rings (SSSR count). The van der Waals surface area contributed by atoms with Crippen LogP contribution in [0.4, 0.5) is 0 Å². The van der Waals surface area contributed by atoms with Gasteiger partial charge in [0.2, 0.25) is 0 Å². The van der Waals surface area contributed by atoms with Gasteiger partial charge in [0.05, 0.1) is 5.56 Å². The lowest BCUT2D eigenvalue weighted by atomic mass is 9.95. The molecule has 0 aliphatic carbocycles. The first kappa shape index (κ1) is 9.90. The van der Waals surface area contributed by atoms with Gasteiger partial charge in [-0.2, -0.15) is 0 Å². The molecule has 3 heteroatoms. The highest BCUT2D eigenvalue weighted by atomic mass is 16.6. The molecule has 0 saturated carbocycles. The molecule has 1 heterocycles. The van der Waals surface area contributed by atoms with Crippen LogP contribution in [-0.2, 0) is 9.53 Å². The van der Waals surface area contributed by atoms with Crippen molar-refractivity contribution in [3.05, 3.63) is 34.4 Å². The maximum atomic E-state index is 11.5. The van der Waals surface area contributed by atoms with Crippen LogP contribution in [0.1, 0.15) is 40.1 Å². The maximum Gasteiger partial charge on any atom is 0.339 e. The van der Waals surface area contributed by atoms with Crippen LogP contribution in [0.2, 0.25) is 0 Å². The number of aryl methyl sites for hydroxylation is 2. The molecular formula is C12H12O3. The van der Waals surface area contributed by atoms with E-state index in [4.69, 9.17) is 4.74 Å². The van der Waals surface area contributed by atoms with E-state index in [1.807, 2.05) is 19.9 Å². The van der Waals surface area contributed by atoms with Gasteiger partial charge in [-0.15, -0.1) is 0 Å². The number of fused-ring (bicyclic) bond motifs is 1. The number of hydrogen-bond donors (Lipinski definition) is 0.